The topological polar surface area (TPSA) is 88.1 Å². The molecule has 1 rings (SSSR count). The van der Waals surface area contributed by atoms with E-state index in [9.17, 15) is 14.4 Å². The Morgan fingerprint density at radius 2 is 1.55 bits per heavy atom. The Labute approximate surface area is 241 Å². The molecule has 0 fully saturated rings. The monoisotopic (exact) mass is 558 g/mol. The van der Waals surface area contributed by atoms with Crippen LogP contribution < -0.4 is 9.47 Å². The minimum Gasteiger partial charge on any atom is -0.493 e. The highest BCUT2D eigenvalue weighted by Gasteiger charge is 2.13. The smallest absolute Gasteiger partial charge is 0.331 e. The maximum atomic E-state index is 12.5. The molecule has 0 saturated carbocycles. The first-order valence-corrected chi connectivity index (χ1v) is 14.8. The standard InChI is InChI=1S/C33H50O7/c1-6-7-8-15-18-29(40-33(36)24-22-28-21-23-30(37-4)31(25-28)38-5)19-16-13-11-9-10-12-14-17-20-32(35)39-27(3)26(2)34/h13,16,21-25,27,29H,6-12,14-15,17-20H2,1-5H3/b16-13-,24-22+. The van der Waals surface area contributed by atoms with E-state index in [1.807, 2.05) is 12.1 Å². The van der Waals surface area contributed by atoms with Gasteiger partial charge in [-0.15, -0.1) is 0 Å². The number of allylic oxidation sites excluding steroid dienone is 1. The molecule has 0 N–H and O–H groups in total. The molecule has 0 spiro atoms. The van der Waals surface area contributed by atoms with Crippen LogP contribution in [0, 0.1) is 0 Å². The summed E-state index contributed by atoms with van der Waals surface area (Å²) in [4.78, 5) is 35.4. The van der Waals surface area contributed by atoms with Crippen molar-refractivity contribution in [3.05, 3.63) is 42.0 Å². The molecule has 2 atom stereocenters. The molecule has 1 aromatic rings. The molecule has 0 aliphatic carbocycles. The highest BCUT2D eigenvalue weighted by atomic mass is 16.5. The lowest BCUT2D eigenvalue weighted by Gasteiger charge is -2.15. The van der Waals surface area contributed by atoms with Gasteiger partial charge in [0.15, 0.2) is 23.4 Å². The third-order valence-corrected chi connectivity index (χ3v) is 6.68. The van der Waals surface area contributed by atoms with Crippen molar-refractivity contribution in [1.82, 2.24) is 0 Å². The van der Waals surface area contributed by atoms with E-state index in [0.29, 0.717) is 24.3 Å². The van der Waals surface area contributed by atoms with Crippen molar-refractivity contribution in [2.75, 3.05) is 14.2 Å². The van der Waals surface area contributed by atoms with Gasteiger partial charge in [0.05, 0.1) is 14.2 Å². The lowest BCUT2D eigenvalue weighted by Crippen LogP contribution is -2.21. The van der Waals surface area contributed by atoms with Crippen molar-refractivity contribution in [2.45, 2.75) is 116 Å². The van der Waals surface area contributed by atoms with E-state index in [2.05, 4.69) is 19.1 Å². The molecule has 0 aliphatic heterocycles. The highest BCUT2D eigenvalue weighted by Crippen LogP contribution is 2.28. The van der Waals surface area contributed by atoms with Gasteiger partial charge in [0.1, 0.15) is 6.10 Å². The zero-order chi connectivity index (χ0) is 29.6. The molecule has 0 radical (unpaired) electrons. The van der Waals surface area contributed by atoms with Gasteiger partial charge in [-0.25, -0.2) is 4.79 Å². The average molecular weight is 559 g/mol. The minimum absolute atomic E-state index is 0.134. The zero-order valence-corrected chi connectivity index (χ0v) is 25.2. The van der Waals surface area contributed by atoms with Gasteiger partial charge in [-0.3, -0.25) is 9.59 Å². The Hall–Kier alpha value is -3.09. The molecule has 0 bridgehead atoms. The van der Waals surface area contributed by atoms with Crippen molar-refractivity contribution < 1.29 is 33.3 Å². The number of esters is 2. The Morgan fingerprint density at radius 1 is 0.850 bits per heavy atom. The Bertz CT molecular complexity index is 935. The summed E-state index contributed by atoms with van der Waals surface area (Å²) in [6, 6.07) is 5.49. The van der Waals surface area contributed by atoms with Crippen LogP contribution in [0.2, 0.25) is 0 Å². The van der Waals surface area contributed by atoms with Crippen LogP contribution in [0.3, 0.4) is 0 Å². The predicted molar refractivity (Wildman–Crippen MR) is 160 cm³/mol. The summed E-state index contributed by atoms with van der Waals surface area (Å²) < 4.78 is 21.5. The molecule has 224 valence electrons. The van der Waals surface area contributed by atoms with Gasteiger partial charge >= 0.3 is 11.9 Å². The lowest BCUT2D eigenvalue weighted by atomic mass is 10.1. The third kappa shape index (κ3) is 16.1. The minimum atomic E-state index is -0.654. The van der Waals surface area contributed by atoms with Crippen molar-refractivity contribution in [2.24, 2.45) is 0 Å². The molecule has 7 nitrogen and oxygen atoms in total. The van der Waals surface area contributed by atoms with Crippen LogP contribution in [0.1, 0.15) is 110 Å². The fraction of sp³-hybridized carbons (Fsp3) is 0.606. The van der Waals surface area contributed by atoms with Crippen LogP contribution in [-0.2, 0) is 23.9 Å². The van der Waals surface area contributed by atoms with E-state index in [0.717, 1.165) is 63.4 Å². The number of benzene rings is 1. The number of carbonyl (C=O) groups excluding carboxylic acids is 3. The fourth-order valence-corrected chi connectivity index (χ4v) is 4.11. The van der Waals surface area contributed by atoms with Gasteiger partial charge < -0.3 is 18.9 Å². The largest absolute Gasteiger partial charge is 0.493 e. The molecule has 1 aromatic carbocycles. The summed E-state index contributed by atoms with van der Waals surface area (Å²) in [5.41, 5.74) is 0.830. The molecule has 0 heterocycles. The van der Waals surface area contributed by atoms with Crippen LogP contribution in [0.4, 0.5) is 0 Å². The molecule has 0 aromatic heterocycles. The summed E-state index contributed by atoms with van der Waals surface area (Å²) in [5, 5.41) is 0. The van der Waals surface area contributed by atoms with Gasteiger partial charge in [0.2, 0.25) is 0 Å². The van der Waals surface area contributed by atoms with E-state index >= 15 is 0 Å². The second kappa shape index (κ2) is 21.7. The van der Waals surface area contributed by atoms with Gasteiger partial charge in [0, 0.05) is 18.9 Å². The van der Waals surface area contributed by atoms with Crippen LogP contribution in [-0.4, -0.2) is 44.1 Å². The van der Waals surface area contributed by atoms with Crippen molar-refractivity contribution in [1.29, 1.82) is 0 Å². The lowest BCUT2D eigenvalue weighted by molar-refractivity contribution is -0.153. The molecule has 2 unspecified atom stereocenters. The van der Waals surface area contributed by atoms with Crippen molar-refractivity contribution in [3.8, 4) is 11.5 Å². The van der Waals surface area contributed by atoms with E-state index < -0.39 is 6.10 Å². The molecule has 7 heteroatoms. The summed E-state index contributed by atoms with van der Waals surface area (Å²) >= 11 is 0. The number of Topliss-reactive ketones (excluding diaryl/α,β-unsaturated/α-hetero) is 1. The quantitative estimate of drug-likeness (QED) is 0.0621. The summed E-state index contributed by atoms with van der Waals surface area (Å²) in [5.74, 6) is 0.470. The van der Waals surface area contributed by atoms with E-state index in [1.54, 1.807) is 33.3 Å². The number of unbranched alkanes of at least 4 members (excludes halogenated alkanes) is 8. The number of ether oxygens (including phenoxy) is 4. The Balaban J connectivity index is 2.39. The SMILES string of the molecule is CCCCCCC(C/C=C\CCCCCCCC(=O)OC(C)C(C)=O)OC(=O)/C=C/c1ccc(OC)c(OC)c1. The number of methoxy groups -OCH3 is 2. The number of rotatable bonds is 22. The van der Waals surface area contributed by atoms with Crippen LogP contribution in [0.5, 0.6) is 11.5 Å². The first kappa shape index (κ1) is 34.9. The van der Waals surface area contributed by atoms with Crippen LogP contribution >= 0.6 is 0 Å². The maximum absolute atomic E-state index is 12.5. The number of hydrogen-bond acceptors (Lipinski definition) is 7. The van der Waals surface area contributed by atoms with Crippen LogP contribution in [0.25, 0.3) is 6.08 Å². The molecule has 40 heavy (non-hydrogen) atoms. The summed E-state index contributed by atoms with van der Waals surface area (Å²) in [6.07, 6.45) is 19.1. The first-order valence-electron chi connectivity index (χ1n) is 14.8. The zero-order valence-electron chi connectivity index (χ0n) is 25.2. The van der Waals surface area contributed by atoms with Crippen LogP contribution in [0.15, 0.2) is 36.4 Å². The Kier molecular flexibility index (Phi) is 19.0. The summed E-state index contributed by atoms with van der Waals surface area (Å²) in [7, 11) is 3.17. The fourth-order valence-electron chi connectivity index (χ4n) is 4.11. The number of hydrogen-bond donors (Lipinski definition) is 0. The normalized spacial score (nSPS) is 12.8. The van der Waals surface area contributed by atoms with Gasteiger partial charge in [-0.2, -0.15) is 0 Å². The van der Waals surface area contributed by atoms with Gasteiger partial charge in [-0.1, -0.05) is 63.7 Å². The molecular formula is C33H50O7. The number of carbonyl (C=O) groups is 3. The molecule has 0 aliphatic rings. The summed E-state index contributed by atoms with van der Waals surface area (Å²) in [6.45, 7) is 5.21. The van der Waals surface area contributed by atoms with Crippen molar-refractivity contribution in [3.63, 3.8) is 0 Å². The maximum Gasteiger partial charge on any atom is 0.331 e. The van der Waals surface area contributed by atoms with E-state index in [4.69, 9.17) is 18.9 Å². The third-order valence-electron chi connectivity index (χ3n) is 6.68. The number of ketones is 1. The van der Waals surface area contributed by atoms with Crippen molar-refractivity contribution >= 4 is 23.8 Å². The average Bonchev–Trinajstić information content (AvgIpc) is 2.94. The van der Waals surface area contributed by atoms with E-state index in [1.165, 1.54) is 25.8 Å². The van der Waals surface area contributed by atoms with Gasteiger partial charge in [0.25, 0.3) is 0 Å². The predicted octanol–water partition coefficient (Wildman–Crippen LogP) is 7.80. The van der Waals surface area contributed by atoms with Gasteiger partial charge in [-0.05, 0) is 69.7 Å². The first-order chi connectivity index (χ1) is 19.3. The molecular weight excluding hydrogens is 508 g/mol. The van der Waals surface area contributed by atoms with E-state index in [-0.39, 0.29) is 23.8 Å². The highest BCUT2D eigenvalue weighted by molar-refractivity contribution is 5.87. The Morgan fingerprint density at radius 3 is 2.25 bits per heavy atom. The second-order valence-corrected chi connectivity index (χ2v) is 10.1. The molecule has 0 amide bonds. The molecule has 0 saturated heterocycles. The second-order valence-electron chi connectivity index (χ2n) is 10.1.